The van der Waals surface area contributed by atoms with E-state index >= 15 is 0 Å². The molecule has 3 N–H and O–H groups in total. The largest absolute Gasteiger partial charge is 0.493 e. The van der Waals surface area contributed by atoms with Gasteiger partial charge >= 0.3 is 0 Å². The van der Waals surface area contributed by atoms with E-state index in [0.717, 1.165) is 18.4 Å². The monoisotopic (exact) mass is 699 g/mol. The van der Waals surface area contributed by atoms with E-state index in [4.69, 9.17) is 15.2 Å². The van der Waals surface area contributed by atoms with Crippen molar-refractivity contribution >= 4 is 48.0 Å². The molecule has 15 nitrogen and oxygen atoms in total. The Hall–Kier alpha value is -4.90. The molecule has 256 valence electrons. The number of nitrogens with two attached hydrogens (primary N) is 1. The average molecular weight is 700 g/mol. The second-order valence-corrected chi connectivity index (χ2v) is 16.2. The van der Waals surface area contributed by atoms with E-state index in [1.54, 1.807) is 56.5 Å². The fraction of sp³-hybridized carbons (Fsp3) is 0.355. The highest BCUT2D eigenvalue weighted by molar-refractivity contribution is 7.90. The van der Waals surface area contributed by atoms with Gasteiger partial charge in [-0.15, -0.1) is 0 Å². The van der Waals surface area contributed by atoms with Crippen molar-refractivity contribution in [2.75, 3.05) is 49.3 Å². The van der Waals surface area contributed by atoms with Gasteiger partial charge in [0.2, 0.25) is 0 Å². The zero-order valence-corrected chi connectivity index (χ0v) is 28.5. The van der Waals surface area contributed by atoms with Crippen LogP contribution in [0.2, 0.25) is 0 Å². The molecule has 1 amide bonds. The lowest BCUT2D eigenvalue weighted by atomic mass is 10.2. The Balaban J connectivity index is 0.000000214. The Kier molecular flexibility index (Phi) is 9.81. The first kappa shape index (κ1) is 34.4. The molecule has 0 radical (unpaired) electrons. The third-order valence-electron chi connectivity index (χ3n) is 7.56. The summed E-state index contributed by atoms with van der Waals surface area (Å²) in [5.41, 5.74) is 9.27. The van der Waals surface area contributed by atoms with Gasteiger partial charge in [-0.05, 0) is 49.2 Å². The molecule has 0 aromatic carbocycles. The lowest BCUT2D eigenvalue weighted by Gasteiger charge is -2.11. The summed E-state index contributed by atoms with van der Waals surface area (Å²) < 4.78 is 60.2. The lowest BCUT2D eigenvalue weighted by Crippen LogP contribution is -2.28. The molecule has 5 heterocycles. The first-order chi connectivity index (χ1) is 22.6. The number of methoxy groups -OCH3 is 2. The van der Waals surface area contributed by atoms with Gasteiger partial charge in [0, 0.05) is 37.6 Å². The number of aromatic nitrogens is 5. The third-order valence-corrected chi connectivity index (χ3v) is 9.45. The van der Waals surface area contributed by atoms with Crippen molar-refractivity contribution in [1.82, 2.24) is 23.8 Å². The molecule has 0 bridgehead atoms. The number of fused-ring (bicyclic) bond motifs is 2. The van der Waals surface area contributed by atoms with Gasteiger partial charge in [-0.1, -0.05) is 0 Å². The van der Waals surface area contributed by atoms with E-state index in [2.05, 4.69) is 15.5 Å². The summed E-state index contributed by atoms with van der Waals surface area (Å²) in [6.45, 7) is 0. The van der Waals surface area contributed by atoms with E-state index in [0.29, 0.717) is 46.2 Å². The van der Waals surface area contributed by atoms with Crippen LogP contribution in [0.5, 0.6) is 11.5 Å². The van der Waals surface area contributed by atoms with Crippen LogP contribution in [-0.2, 0) is 32.5 Å². The third kappa shape index (κ3) is 8.51. The number of nitrogens with zero attached hydrogens (tertiary/aromatic N) is 5. The zero-order valence-electron chi connectivity index (χ0n) is 26.9. The summed E-state index contributed by atoms with van der Waals surface area (Å²) in [5.74, 6) is 0.476. The number of nitrogen functional groups attached to an aromatic ring is 1. The molecule has 1 aliphatic carbocycles. The average Bonchev–Trinajstić information content (AvgIpc) is 3.66. The maximum absolute atomic E-state index is 12.8. The molecule has 0 unspecified atom stereocenters. The molecule has 0 spiro atoms. The fourth-order valence-electron chi connectivity index (χ4n) is 4.93. The van der Waals surface area contributed by atoms with Crippen molar-refractivity contribution in [3.05, 3.63) is 82.3 Å². The molecule has 0 saturated heterocycles. The van der Waals surface area contributed by atoms with Gasteiger partial charge in [-0.3, -0.25) is 9.59 Å². The van der Waals surface area contributed by atoms with Crippen LogP contribution in [0, 0.1) is 0 Å². The topological polar surface area (TPSA) is 198 Å². The second kappa shape index (κ2) is 13.7. The van der Waals surface area contributed by atoms with Crippen LogP contribution in [0.1, 0.15) is 40.6 Å². The predicted molar refractivity (Wildman–Crippen MR) is 182 cm³/mol. The number of nitrogens with one attached hydrogen (secondary N) is 1. The predicted octanol–water partition coefficient (Wildman–Crippen LogP) is 2.19. The highest BCUT2D eigenvalue weighted by atomic mass is 32.2. The number of anilines is 2. The first-order valence-electron chi connectivity index (χ1n) is 14.9. The Labute approximate surface area is 277 Å². The molecule has 5 aromatic rings. The number of hydrogen-bond acceptors (Lipinski definition) is 11. The van der Waals surface area contributed by atoms with Crippen LogP contribution in [0.4, 0.5) is 11.4 Å². The van der Waals surface area contributed by atoms with E-state index in [1.165, 1.54) is 32.8 Å². The number of pyridine rings is 3. The quantitative estimate of drug-likeness (QED) is 0.205. The van der Waals surface area contributed by atoms with Crippen LogP contribution in [0.25, 0.3) is 11.0 Å². The summed E-state index contributed by atoms with van der Waals surface area (Å²) in [4.78, 5) is 25.4. The molecule has 0 aliphatic heterocycles. The number of hydrogen-bond donors (Lipinski definition) is 2. The van der Waals surface area contributed by atoms with Crippen LogP contribution in [0.3, 0.4) is 0 Å². The Bertz CT molecular complexity index is 2270. The number of sulfone groups is 2. The molecule has 1 aliphatic rings. The Morgan fingerprint density at radius 3 is 1.96 bits per heavy atom. The van der Waals surface area contributed by atoms with Crippen molar-refractivity contribution < 1.29 is 31.1 Å². The minimum absolute atomic E-state index is 0.00110. The maximum Gasteiger partial charge on any atom is 0.263 e. The molecule has 48 heavy (non-hydrogen) atoms. The van der Waals surface area contributed by atoms with Gasteiger partial charge in [-0.2, -0.15) is 10.2 Å². The molecule has 1 fully saturated rings. The zero-order chi connectivity index (χ0) is 34.8. The van der Waals surface area contributed by atoms with Gasteiger partial charge in [0.05, 0.1) is 71.9 Å². The van der Waals surface area contributed by atoms with Gasteiger partial charge in [0.25, 0.3) is 11.5 Å². The SMILES string of the molecule is COc1cn2nc(CCS(C)(=O)=O)cc2cc1N.COc1cn2nc(CCS(C)(=O)=O)cc2cc1NC(=O)c1cccn(C2CC2)c1=O. The standard InChI is InChI=1S/C20H22N4O5S.C11H15N3O3S/c1-29-18-12-24-15(10-13(22-24)7-9-30(2,27)28)11-17(18)21-19(25)16-4-3-8-23(20(16)26)14-5-6-14;1-17-11-7-14-9(6-10(11)12)5-8(13-14)3-4-18(2,15)16/h3-4,8,10-12,14H,5-7,9H2,1-2H3,(H,21,25);5-7H,3-4,12H2,1-2H3. The van der Waals surface area contributed by atoms with Gasteiger partial charge < -0.3 is 25.1 Å². The molecule has 5 aromatic heterocycles. The summed E-state index contributed by atoms with van der Waals surface area (Å²) in [6, 6.07) is 10.4. The summed E-state index contributed by atoms with van der Waals surface area (Å²) in [6.07, 6.45) is 9.93. The normalized spacial score (nSPS) is 13.2. The minimum atomic E-state index is -3.10. The highest BCUT2D eigenvalue weighted by Gasteiger charge is 2.26. The van der Waals surface area contributed by atoms with Crippen molar-refractivity contribution in [2.45, 2.75) is 31.7 Å². The van der Waals surface area contributed by atoms with Crippen LogP contribution >= 0.6 is 0 Å². The number of carbonyl (C=O) groups excluding carboxylic acids is 1. The summed E-state index contributed by atoms with van der Waals surface area (Å²) in [5, 5.41) is 11.4. The van der Waals surface area contributed by atoms with Crippen molar-refractivity contribution in [1.29, 1.82) is 0 Å². The summed E-state index contributed by atoms with van der Waals surface area (Å²) >= 11 is 0. The van der Waals surface area contributed by atoms with Crippen molar-refractivity contribution in [3.63, 3.8) is 0 Å². The minimum Gasteiger partial charge on any atom is -0.493 e. The highest BCUT2D eigenvalue weighted by Crippen LogP contribution is 2.33. The van der Waals surface area contributed by atoms with Crippen molar-refractivity contribution in [3.8, 4) is 11.5 Å². The number of carbonyl (C=O) groups is 1. The lowest BCUT2D eigenvalue weighted by molar-refractivity contribution is 0.102. The van der Waals surface area contributed by atoms with E-state index in [-0.39, 0.29) is 35.1 Å². The van der Waals surface area contributed by atoms with E-state index < -0.39 is 25.6 Å². The first-order valence-corrected chi connectivity index (χ1v) is 19.0. The number of amides is 1. The molecule has 0 atom stereocenters. The van der Waals surface area contributed by atoms with Crippen LogP contribution in [0.15, 0.2) is 59.8 Å². The molecule has 6 rings (SSSR count). The molecular weight excluding hydrogens is 663 g/mol. The van der Waals surface area contributed by atoms with Crippen LogP contribution < -0.4 is 26.1 Å². The summed E-state index contributed by atoms with van der Waals surface area (Å²) in [7, 11) is -3.08. The Morgan fingerprint density at radius 1 is 0.896 bits per heavy atom. The number of aryl methyl sites for hydroxylation is 2. The molecule has 17 heteroatoms. The van der Waals surface area contributed by atoms with Crippen LogP contribution in [-0.4, -0.2) is 84.8 Å². The molecule has 1 saturated carbocycles. The molecular formula is C31H37N7O8S2. The maximum atomic E-state index is 12.8. The van der Waals surface area contributed by atoms with E-state index in [9.17, 15) is 26.4 Å². The van der Waals surface area contributed by atoms with Gasteiger partial charge in [0.15, 0.2) is 11.5 Å². The smallest absolute Gasteiger partial charge is 0.263 e. The van der Waals surface area contributed by atoms with Gasteiger partial charge in [-0.25, -0.2) is 25.9 Å². The van der Waals surface area contributed by atoms with E-state index in [1.807, 2.05) is 6.07 Å². The Morgan fingerprint density at radius 2 is 1.44 bits per heavy atom. The number of rotatable bonds is 11. The number of ether oxygens (including phenoxy) is 2. The van der Waals surface area contributed by atoms with Crippen molar-refractivity contribution in [2.24, 2.45) is 0 Å². The van der Waals surface area contributed by atoms with Gasteiger partial charge in [0.1, 0.15) is 25.2 Å². The second-order valence-electron chi connectivity index (χ2n) is 11.6. The fourth-order valence-corrected chi connectivity index (χ4v) is 6.09.